The molecular formula is C48H80O6. The molecule has 0 aromatic heterocycles. The molecule has 1 atom stereocenters. The third-order valence-corrected chi connectivity index (χ3v) is 8.95. The number of hydrogen-bond acceptors (Lipinski definition) is 6. The van der Waals surface area contributed by atoms with Crippen molar-refractivity contribution in [3.8, 4) is 0 Å². The van der Waals surface area contributed by atoms with Crippen LogP contribution in [0.3, 0.4) is 0 Å². The predicted octanol–water partition coefficient (Wildman–Crippen LogP) is 13.9. The first-order valence-corrected chi connectivity index (χ1v) is 21.9. The average molecular weight is 753 g/mol. The van der Waals surface area contributed by atoms with E-state index in [2.05, 4.69) is 93.7 Å². The first-order valence-electron chi connectivity index (χ1n) is 21.9. The second-order valence-corrected chi connectivity index (χ2v) is 14.2. The van der Waals surface area contributed by atoms with E-state index in [1.165, 1.54) is 44.9 Å². The molecule has 0 radical (unpaired) electrons. The summed E-state index contributed by atoms with van der Waals surface area (Å²) in [7, 11) is 0. The van der Waals surface area contributed by atoms with E-state index < -0.39 is 6.10 Å². The van der Waals surface area contributed by atoms with Crippen molar-refractivity contribution in [1.82, 2.24) is 0 Å². The van der Waals surface area contributed by atoms with Crippen LogP contribution in [0, 0.1) is 0 Å². The maximum Gasteiger partial charge on any atom is 0.306 e. The molecule has 0 saturated carbocycles. The minimum atomic E-state index is -0.796. The molecule has 0 aliphatic heterocycles. The van der Waals surface area contributed by atoms with Crippen LogP contribution in [0.25, 0.3) is 0 Å². The largest absolute Gasteiger partial charge is 0.462 e. The molecule has 6 heteroatoms. The van der Waals surface area contributed by atoms with Crippen LogP contribution in [0.15, 0.2) is 72.9 Å². The minimum absolute atomic E-state index is 0.0981. The Morgan fingerprint density at radius 2 is 0.741 bits per heavy atom. The van der Waals surface area contributed by atoms with Crippen molar-refractivity contribution in [3.05, 3.63) is 72.9 Å². The van der Waals surface area contributed by atoms with Crippen LogP contribution in [0.4, 0.5) is 0 Å². The molecule has 0 rings (SSSR count). The third kappa shape index (κ3) is 40.0. The topological polar surface area (TPSA) is 78.9 Å². The molecule has 0 aromatic rings. The smallest absolute Gasteiger partial charge is 0.306 e. The highest BCUT2D eigenvalue weighted by Crippen LogP contribution is 2.12. The predicted molar refractivity (Wildman–Crippen MR) is 228 cm³/mol. The van der Waals surface area contributed by atoms with Gasteiger partial charge in [0.25, 0.3) is 0 Å². The van der Waals surface area contributed by atoms with Crippen molar-refractivity contribution in [2.24, 2.45) is 0 Å². The molecule has 308 valence electrons. The zero-order chi connectivity index (χ0) is 39.4. The van der Waals surface area contributed by atoms with Crippen molar-refractivity contribution in [3.63, 3.8) is 0 Å². The van der Waals surface area contributed by atoms with Gasteiger partial charge in [-0.15, -0.1) is 0 Å². The summed E-state index contributed by atoms with van der Waals surface area (Å²) in [4.78, 5) is 37.4. The molecule has 6 nitrogen and oxygen atoms in total. The molecule has 0 amide bonds. The van der Waals surface area contributed by atoms with Crippen LogP contribution in [0.1, 0.15) is 194 Å². The Morgan fingerprint density at radius 1 is 0.389 bits per heavy atom. The maximum atomic E-state index is 12.6. The SMILES string of the molecule is CC/C=C\C/C=C\C/C=C\C/C=C\C/C=C\CCCC(=O)OCC(COC(=O)CCCCCCC)OC(=O)CCCCCCC/C=C\CCCCCCC. The van der Waals surface area contributed by atoms with Gasteiger partial charge in [0.1, 0.15) is 13.2 Å². The molecule has 0 spiro atoms. The lowest BCUT2D eigenvalue weighted by atomic mass is 10.1. The average Bonchev–Trinajstić information content (AvgIpc) is 3.17. The summed E-state index contributed by atoms with van der Waals surface area (Å²) < 4.78 is 16.5. The Kier molecular flexibility index (Phi) is 40.1. The van der Waals surface area contributed by atoms with Crippen LogP contribution in [-0.2, 0) is 28.6 Å². The van der Waals surface area contributed by atoms with E-state index in [0.717, 1.165) is 103 Å². The summed E-state index contributed by atoms with van der Waals surface area (Å²) in [6.45, 7) is 6.35. The Labute approximate surface area is 332 Å². The van der Waals surface area contributed by atoms with Crippen molar-refractivity contribution >= 4 is 17.9 Å². The summed E-state index contributed by atoms with van der Waals surface area (Å²) in [6, 6.07) is 0. The molecule has 0 heterocycles. The number of rotatable bonds is 38. The molecule has 0 aliphatic carbocycles. The highest BCUT2D eigenvalue weighted by Gasteiger charge is 2.19. The fourth-order valence-corrected chi connectivity index (χ4v) is 5.65. The van der Waals surface area contributed by atoms with Gasteiger partial charge in [-0.25, -0.2) is 0 Å². The summed E-state index contributed by atoms with van der Waals surface area (Å²) in [5.74, 6) is -0.989. The third-order valence-electron chi connectivity index (χ3n) is 8.95. The summed E-state index contributed by atoms with van der Waals surface area (Å²) in [5, 5.41) is 0. The fraction of sp³-hybridized carbons (Fsp3) is 0.688. The van der Waals surface area contributed by atoms with Crippen LogP contribution in [-0.4, -0.2) is 37.2 Å². The van der Waals surface area contributed by atoms with Gasteiger partial charge in [0, 0.05) is 19.3 Å². The van der Waals surface area contributed by atoms with E-state index in [9.17, 15) is 14.4 Å². The van der Waals surface area contributed by atoms with E-state index in [-0.39, 0.29) is 37.5 Å². The minimum Gasteiger partial charge on any atom is -0.462 e. The number of allylic oxidation sites excluding steroid dienone is 12. The second-order valence-electron chi connectivity index (χ2n) is 14.2. The van der Waals surface area contributed by atoms with Gasteiger partial charge in [-0.1, -0.05) is 164 Å². The Morgan fingerprint density at radius 3 is 1.22 bits per heavy atom. The summed E-state index contributed by atoms with van der Waals surface area (Å²) in [6.07, 6.45) is 52.0. The standard InChI is InChI=1S/C48H80O6/c1-4-7-10-13-15-17-19-21-23-24-25-27-28-30-32-35-38-41-47(50)53-44-45(43-52-46(49)40-37-34-12-9-6-3)54-48(51)42-39-36-33-31-29-26-22-20-18-16-14-11-8-5-2/h7,10,15,17,20-23,25,27,30,32,45H,4-6,8-9,11-14,16,18-19,24,26,28-29,31,33-44H2,1-3H3/b10-7-,17-15-,22-20-,23-21-,27-25-,32-30-. The first-order chi connectivity index (χ1) is 26.5. The fourth-order valence-electron chi connectivity index (χ4n) is 5.65. The van der Waals surface area contributed by atoms with Gasteiger partial charge in [0.15, 0.2) is 6.10 Å². The van der Waals surface area contributed by atoms with Gasteiger partial charge in [0.05, 0.1) is 0 Å². The summed E-state index contributed by atoms with van der Waals surface area (Å²) in [5.41, 5.74) is 0. The quantitative estimate of drug-likeness (QED) is 0.0270. The molecule has 1 unspecified atom stereocenters. The summed E-state index contributed by atoms with van der Waals surface area (Å²) >= 11 is 0. The van der Waals surface area contributed by atoms with Crippen molar-refractivity contribution < 1.29 is 28.6 Å². The van der Waals surface area contributed by atoms with E-state index in [4.69, 9.17) is 14.2 Å². The highest BCUT2D eigenvalue weighted by atomic mass is 16.6. The zero-order valence-corrected chi connectivity index (χ0v) is 35.0. The first kappa shape index (κ1) is 50.9. The Balaban J connectivity index is 4.37. The molecule has 0 bridgehead atoms. The second kappa shape index (κ2) is 42.6. The zero-order valence-electron chi connectivity index (χ0n) is 35.0. The number of carbonyl (C=O) groups excluding carboxylic acids is 3. The Bertz CT molecular complexity index is 1050. The van der Waals surface area contributed by atoms with Crippen LogP contribution in [0.2, 0.25) is 0 Å². The van der Waals surface area contributed by atoms with Gasteiger partial charge >= 0.3 is 17.9 Å². The molecule has 54 heavy (non-hydrogen) atoms. The molecule has 0 aromatic carbocycles. The maximum absolute atomic E-state index is 12.6. The van der Waals surface area contributed by atoms with E-state index >= 15 is 0 Å². The number of unbranched alkanes of at least 4 members (excludes halogenated alkanes) is 15. The monoisotopic (exact) mass is 753 g/mol. The molecule has 0 N–H and O–H groups in total. The van der Waals surface area contributed by atoms with Crippen LogP contribution in [0.5, 0.6) is 0 Å². The van der Waals surface area contributed by atoms with E-state index in [1.54, 1.807) is 0 Å². The van der Waals surface area contributed by atoms with Crippen molar-refractivity contribution in [2.45, 2.75) is 200 Å². The Hall–Kier alpha value is -3.15. The normalized spacial score (nSPS) is 12.7. The molecule has 0 saturated heterocycles. The molecule has 0 fully saturated rings. The highest BCUT2D eigenvalue weighted by molar-refractivity contribution is 5.71. The van der Waals surface area contributed by atoms with Crippen LogP contribution < -0.4 is 0 Å². The molecule has 0 aliphatic rings. The van der Waals surface area contributed by atoms with Gasteiger partial charge < -0.3 is 14.2 Å². The number of ether oxygens (including phenoxy) is 3. The molecular weight excluding hydrogens is 673 g/mol. The lowest BCUT2D eigenvalue weighted by Gasteiger charge is -2.18. The van der Waals surface area contributed by atoms with Gasteiger partial charge in [-0.3, -0.25) is 14.4 Å². The van der Waals surface area contributed by atoms with E-state index in [1.807, 2.05) is 0 Å². The lowest BCUT2D eigenvalue weighted by Crippen LogP contribution is -2.30. The van der Waals surface area contributed by atoms with Crippen molar-refractivity contribution in [1.29, 1.82) is 0 Å². The van der Waals surface area contributed by atoms with Gasteiger partial charge in [-0.05, 0) is 83.5 Å². The number of esters is 3. The lowest BCUT2D eigenvalue weighted by molar-refractivity contribution is -0.167. The van der Waals surface area contributed by atoms with Gasteiger partial charge in [-0.2, -0.15) is 0 Å². The number of carbonyl (C=O) groups is 3. The van der Waals surface area contributed by atoms with E-state index in [0.29, 0.717) is 19.3 Å². The number of hydrogen-bond donors (Lipinski definition) is 0. The van der Waals surface area contributed by atoms with Crippen LogP contribution >= 0.6 is 0 Å². The van der Waals surface area contributed by atoms with Gasteiger partial charge in [0.2, 0.25) is 0 Å². The van der Waals surface area contributed by atoms with Crippen molar-refractivity contribution in [2.75, 3.05) is 13.2 Å².